The largest absolute Gasteiger partial charge is 0.319 e. The second-order valence-corrected chi connectivity index (χ2v) is 7.83. The lowest BCUT2D eigenvalue weighted by Gasteiger charge is -2.42. The van der Waals surface area contributed by atoms with Crippen LogP contribution in [0.25, 0.3) is 0 Å². The average Bonchev–Trinajstić information content (AvgIpc) is 2.45. The number of halogens is 1. The van der Waals surface area contributed by atoms with Gasteiger partial charge >= 0.3 is 0 Å². The highest BCUT2D eigenvalue weighted by atomic mass is 79.9. The van der Waals surface area contributed by atoms with Gasteiger partial charge in [-0.3, -0.25) is 0 Å². The van der Waals surface area contributed by atoms with E-state index in [9.17, 15) is 0 Å². The number of rotatable bonds is 6. The van der Waals surface area contributed by atoms with Crippen molar-refractivity contribution in [3.05, 3.63) is 34.3 Å². The molecule has 118 valence electrons. The number of hydrogen-bond acceptors (Lipinski definition) is 2. The number of nitrogens with zero attached hydrogens (tertiary/aromatic N) is 1. The van der Waals surface area contributed by atoms with E-state index in [2.05, 4.69) is 71.4 Å². The Kier molecular flexibility index (Phi) is 6.27. The molecular weight excluding hydrogens is 324 g/mol. The van der Waals surface area contributed by atoms with Crippen LogP contribution in [-0.2, 0) is 6.54 Å². The fraction of sp³-hybridized carbons (Fsp3) is 0.667. The second kappa shape index (κ2) is 7.75. The monoisotopic (exact) mass is 352 g/mol. The van der Waals surface area contributed by atoms with E-state index in [1.807, 2.05) is 0 Å². The third-order valence-electron chi connectivity index (χ3n) is 4.89. The van der Waals surface area contributed by atoms with Crippen LogP contribution in [0.5, 0.6) is 0 Å². The third-order valence-corrected chi connectivity index (χ3v) is 5.66. The summed E-state index contributed by atoms with van der Waals surface area (Å²) in [6.07, 6.45) is 5.47. The quantitative estimate of drug-likeness (QED) is 0.820. The van der Waals surface area contributed by atoms with Gasteiger partial charge in [-0.15, -0.1) is 0 Å². The summed E-state index contributed by atoms with van der Waals surface area (Å²) in [5.41, 5.74) is 1.83. The molecule has 0 spiro atoms. The summed E-state index contributed by atoms with van der Waals surface area (Å²) in [5.74, 6) is 0.906. The predicted molar refractivity (Wildman–Crippen MR) is 94.5 cm³/mol. The molecule has 21 heavy (non-hydrogen) atoms. The summed E-state index contributed by atoms with van der Waals surface area (Å²) in [6.45, 7) is 5.73. The number of hydrogen-bond donors (Lipinski definition) is 1. The molecule has 2 nitrogen and oxygen atoms in total. The van der Waals surface area contributed by atoms with Gasteiger partial charge in [0.2, 0.25) is 0 Å². The van der Waals surface area contributed by atoms with E-state index in [0.29, 0.717) is 5.41 Å². The van der Waals surface area contributed by atoms with Crippen LogP contribution in [0.3, 0.4) is 0 Å². The van der Waals surface area contributed by atoms with Gasteiger partial charge in [-0.2, -0.15) is 0 Å². The highest BCUT2D eigenvalue weighted by Gasteiger charge is 2.34. The molecule has 0 amide bonds. The molecule has 0 aromatic heterocycles. The van der Waals surface area contributed by atoms with Gasteiger partial charge in [0.1, 0.15) is 0 Å². The Morgan fingerprint density at radius 1 is 1.29 bits per heavy atom. The minimum atomic E-state index is 0.456. The average molecular weight is 353 g/mol. The Bertz CT molecular complexity index is 439. The maximum absolute atomic E-state index is 3.66. The fourth-order valence-corrected chi connectivity index (χ4v) is 4.10. The summed E-state index contributed by atoms with van der Waals surface area (Å²) < 4.78 is 1.22. The first-order valence-corrected chi connectivity index (χ1v) is 8.90. The van der Waals surface area contributed by atoms with Crippen LogP contribution in [0, 0.1) is 11.3 Å². The van der Waals surface area contributed by atoms with Gasteiger partial charge in [0.15, 0.2) is 0 Å². The van der Waals surface area contributed by atoms with Crippen LogP contribution in [-0.4, -0.2) is 32.1 Å². The van der Waals surface area contributed by atoms with Gasteiger partial charge < -0.3 is 10.2 Å². The lowest BCUT2D eigenvalue weighted by Crippen LogP contribution is -2.44. The van der Waals surface area contributed by atoms with Crippen molar-refractivity contribution in [1.29, 1.82) is 0 Å². The standard InChI is InChI=1S/C18H29BrN2/c1-15-8-10-18(11-9-15,13-20-2)14-21(3)12-16-6-4-5-7-17(16)19/h4-7,15,20H,8-14H2,1-3H3. The normalized spacial score (nSPS) is 26.2. The number of nitrogens with one attached hydrogen (secondary N) is 1. The van der Waals surface area contributed by atoms with Gasteiger partial charge in [-0.1, -0.05) is 53.9 Å². The minimum Gasteiger partial charge on any atom is -0.319 e. The van der Waals surface area contributed by atoms with Gasteiger partial charge in [-0.25, -0.2) is 0 Å². The summed E-state index contributed by atoms with van der Waals surface area (Å²) in [4.78, 5) is 2.49. The summed E-state index contributed by atoms with van der Waals surface area (Å²) in [7, 11) is 4.35. The zero-order chi connectivity index (χ0) is 15.3. The molecule has 1 aromatic rings. The Hall–Kier alpha value is -0.380. The summed E-state index contributed by atoms with van der Waals surface area (Å²) >= 11 is 3.66. The molecule has 1 aliphatic rings. The SMILES string of the molecule is CNCC1(CN(C)Cc2ccccc2Br)CCC(C)CC1. The van der Waals surface area contributed by atoms with E-state index >= 15 is 0 Å². The Balaban J connectivity index is 1.98. The second-order valence-electron chi connectivity index (χ2n) is 6.98. The molecule has 1 aliphatic carbocycles. The first kappa shape index (κ1) is 17.0. The first-order valence-electron chi connectivity index (χ1n) is 8.11. The molecule has 0 unspecified atom stereocenters. The number of benzene rings is 1. The molecule has 1 aromatic carbocycles. The molecule has 1 N–H and O–H groups in total. The van der Waals surface area contributed by atoms with Crippen molar-refractivity contribution >= 4 is 15.9 Å². The molecule has 0 aliphatic heterocycles. The van der Waals surface area contributed by atoms with Crippen LogP contribution in [0.4, 0.5) is 0 Å². The summed E-state index contributed by atoms with van der Waals surface area (Å²) in [6, 6.07) is 8.56. The van der Waals surface area contributed by atoms with Crippen molar-refractivity contribution in [3.63, 3.8) is 0 Å². The highest BCUT2D eigenvalue weighted by Crippen LogP contribution is 2.39. The van der Waals surface area contributed by atoms with Crippen LogP contribution in [0.1, 0.15) is 38.2 Å². The molecule has 0 saturated heterocycles. The molecule has 1 saturated carbocycles. The van der Waals surface area contributed by atoms with Gasteiger partial charge in [0.25, 0.3) is 0 Å². The Labute approximate surface area is 138 Å². The van der Waals surface area contributed by atoms with E-state index in [4.69, 9.17) is 0 Å². The van der Waals surface area contributed by atoms with Crippen molar-refractivity contribution in [2.24, 2.45) is 11.3 Å². The van der Waals surface area contributed by atoms with Crippen LogP contribution < -0.4 is 5.32 Å². The Morgan fingerprint density at radius 2 is 1.95 bits per heavy atom. The van der Waals surface area contributed by atoms with Gasteiger partial charge in [0, 0.05) is 24.1 Å². The van der Waals surface area contributed by atoms with Crippen molar-refractivity contribution in [2.45, 2.75) is 39.2 Å². The third kappa shape index (κ3) is 4.80. The summed E-state index contributed by atoms with van der Waals surface area (Å²) in [5, 5.41) is 3.44. The molecule has 2 rings (SSSR count). The van der Waals surface area contributed by atoms with Crippen molar-refractivity contribution in [2.75, 3.05) is 27.2 Å². The topological polar surface area (TPSA) is 15.3 Å². The van der Waals surface area contributed by atoms with Crippen molar-refractivity contribution < 1.29 is 0 Å². The van der Waals surface area contributed by atoms with Crippen LogP contribution in [0.15, 0.2) is 28.7 Å². The van der Waals surface area contributed by atoms with E-state index in [0.717, 1.165) is 19.0 Å². The maximum atomic E-state index is 3.66. The van der Waals surface area contributed by atoms with E-state index < -0.39 is 0 Å². The fourth-order valence-electron chi connectivity index (χ4n) is 3.69. The molecule has 3 heteroatoms. The van der Waals surface area contributed by atoms with E-state index in [1.165, 1.54) is 42.3 Å². The molecule has 0 atom stereocenters. The first-order chi connectivity index (χ1) is 10.0. The van der Waals surface area contributed by atoms with E-state index in [-0.39, 0.29) is 0 Å². The lowest BCUT2D eigenvalue weighted by atomic mass is 9.70. The van der Waals surface area contributed by atoms with Crippen LogP contribution in [0.2, 0.25) is 0 Å². The molecular formula is C18H29BrN2. The molecule has 0 bridgehead atoms. The van der Waals surface area contributed by atoms with Crippen LogP contribution >= 0.6 is 15.9 Å². The minimum absolute atomic E-state index is 0.456. The maximum Gasteiger partial charge on any atom is 0.0242 e. The van der Waals surface area contributed by atoms with Gasteiger partial charge in [0.05, 0.1) is 0 Å². The predicted octanol–water partition coefficient (Wildman–Crippen LogP) is 4.30. The molecule has 0 radical (unpaired) electrons. The smallest absolute Gasteiger partial charge is 0.0242 e. The Morgan fingerprint density at radius 3 is 2.57 bits per heavy atom. The van der Waals surface area contributed by atoms with Crippen molar-refractivity contribution in [3.8, 4) is 0 Å². The highest BCUT2D eigenvalue weighted by molar-refractivity contribution is 9.10. The zero-order valence-corrected chi connectivity index (χ0v) is 15.2. The lowest BCUT2D eigenvalue weighted by molar-refractivity contribution is 0.0978. The van der Waals surface area contributed by atoms with Crippen molar-refractivity contribution in [1.82, 2.24) is 10.2 Å². The van der Waals surface area contributed by atoms with E-state index in [1.54, 1.807) is 0 Å². The molecule has 1 fully saturated rings. The molecule has 0 heterocycles. The van der Waals surface area contributed by atoms with Gasteiger partial charge in [-0.05, 0) is 49.9 Å². The zero-order valence-electron chi connectivity index (χ0n) is 13.7.